The zero-order chi connectivity index (χ0) is 16.6. The van der Waals surface area contributed by atoms with Crippen LogP contribution in [0.2, 0.25) is 0 Å². The quantitative estimate of drug-likeness (QED) is 0.269. The highest BCUT2D eigenvalue weighted by Crippen LogP contribution is 2.28. The van der Waals surface area contributed by atoms with E-state index >= 15 is 0 Å². The van der Waals surface area contributed by atoms with E-state index in [0.717, 1.165) is 0 Å². The lowest BCUT2D eigenvalue weighted by atomic mass is 9.97. The van der Waals surface area contributed by atoms with E-state index in [1.54, 1.807) is 0 Å². The normalized spacial score (nSPS) is 53.5. The Balaban J connectivity index is 2.10. The fourth-order valence-electron chi connectivity index (χ4n) is 2.51. The lowest BCUT2D eigenvalue weighted by molar-refractivity contribution is -0.352. The Labute approximate surface area is 126 Å². The summed E-state index contributed by atoms with van der Waals surface area (Å²) in [5, 5.41) is 67.6. The van der Waals surface area contributed by atoms with Gasteiger partial charge in [0, 0.05) is 0 Å². The van der Waals surface area contributed by atoms with E-state index in [4.69, 9.17) is 19.3 Å². The van der Waals surface area contributed by atoms with Gasteiger partial charge in [0.25, 0.3) is 0 Å². The molecule has 22 heavy (non-hydrogen) atoms. The number of hydrogen-bond acceptors (Lipinski definition) is 10. The molecule has 0 unspecified atom stereocenters. The second kappa shape index (κ2) is 7.01. The van der Waals surface area contributed by atoms with Gasteiger partial charge in [-0.15, -0.1) is 0 Å². The molecule has 0 saturated carbocycles. The molecule has 0 aromatic heterocycles. The summed E-state index contributed by atoms with van der Waals surface area (Å²) < 4.78 is 15.3. The summed E-state index contributed by atoms with van der Waals surface area (Å²) in [5.74, 6) is 0. The lowest BCUT2D eigenvalue weighted by Gasteiger charge is -2.44. The van der Waals surface area contributed by atoms with E-state index in [-0.39, 0.29) is 0 Å². The molecule has 0 radical (unpaired) electrons. The summed E-state index contributed by atoms with van der Waals surface area (Å²) in [4.78, 5) is 0. The Morgan fingerprint density at radius 2 is 1.45 bits per heavy atom. The van der Waals surface area contributed by atoms with Gasteiger partial charge in [0.2, 0.25) is 0 Å². The van der Waals surface area contributed by atoms with Crippen molar-refractivity contribution >= 4 is 0 Å². The molecule has 0 aromatic carbocycles. The first kappa shape index (κ1) is 17.9. The van der Waals surface area contributed by atoms with Gasteiger partial charge in [0.1, 0.15) is 42.7 Å². The minimum atomic E-state index is -1.71. The molecule has 0 spiro atoms. The molecule has 0 bridgehead atoms. The number of hydrogen-bond donors (Lipinski definition) is 7. The van der Waals surface area contributed by atoms with Crippen LogP contribution >= 0.6 is 0 Å². The fraction of sp³-hybridized carbons (Fsp3) is 1.00. The lowest BCUT2D eigenvalue weighted by Crippen LogP contribution is -2.63. The van der Waals surface area contributed by atoms with Gasteiger partial charge < -0.3 is 50.0 Å². The maximum atomic E-state index is 9.99. The molecule has 2 heterocycles. The van der Waals surface area contributed by atoms with Gasteiger partial charge >= 0.3 is 0 Å². The summed E-state index contributed by atoms with van der Waals surface area (Å²) in [7, 11) is 0. The highest BCUT2D eigenvalue weighted by atomic mass is 16.7. The molecule has 10 atom stereocenters. The van der Waals surface area contributed by atoms with Crippen molar-refractivity contribution in [1.82, 2.24) is 0 Å². The predicted molar refractivity (Wildman–Crippen MR) is 67.2 cm³/mol. The van der Waals surface area contributed by atoms with E-state index in [2.05, 4.69) is 0 Å². The minimum absolute atomic E-state index is 0.628. The number of aliphatic hydroxyl groups excluding tert-OH is 7. The van der Waals surface area contributed by atoms with Crippen molar-refractivity contribution in [3.8, 4) is 0 Å². The molecule has 2 aliphatic rings. The summed E-state index contributed by atoms with van der Waals surface area (Å²) in [6.45, 7) is 0.814. The van der Waals surface area contributed by atoms with Gasteiger partial charge in [-0.1, -0.05) is 0 Å². The summed E-state index contributed by atoms with van der Waals surface area (Å²) in [6, 6.07) is 0. The molecule has 0 aliphatic carbocycles. The molecule has 0 aromatic rings. The topological polar surface area (TPSA) is 169 Å². The van der Waals surface area contributed by atoms with Crippen LogP contribution in [0, 0.1) is 0 Å². The van der Waals surface area contributed by atoms with Gasteiger partial charge in [0.15, 0.2) is 12.6 Å². The molecule has 2 saturated heterocycles. The van der Waals surface area contributed by atoms with Crippen molar-refractivity contribution in [3.63, 3.8) is 0 Å². The van der Waals surface area contributed by atoms with Gasteiger partial charge in [-0.2, -0.15) is 0 Å². The van der Waals surface area contributed by atoms with Crippen LogP contribution in [0.25, 0.3) is 0 Å². The molecule has 2 fully saturated rings. The van der Waals surface area contributed by atoms with Crippen LogP contribution < -0.4 is 0 Å². The van der Waals surface area contributed by atoms with Crippen molar-refractivity contribution in [1.29, 1.82) is 0 Å². The predicted octanol–water partition coefficient (Wildman–Crippen LogP) is -4.37. The Bertz CT molecular complexity index is 368. The molecule has 10 nitrogen and oxygen atoms in total. The van der Waals surface area contributed by atoms with Crippen LogP contribution in [0.4, 0.5) is 0 Å². The highest BCUT2D eigenvalue weighted by molar-refractivity contribution is 4.93. The smallest absolute Gasteiger partial charge is 0.187 e. The Morgan fingerprint density at radius 1 is 0.818 bits per heavy atom. The molecule has 7 N–H and O–H groups in total. The Hall–Kier alpha value is -0.400. The third kappa shape index (κ3) is 3.26. The minimum Gasteiger partial charge on any atom is -0.394 e. The molecule has 130 valence electrons. The molecule has 2 rings (SSSR count). The zero-order valence-corrected chi connectivity index (χ0v) is 11.8. The molecule has 0 amide bonds. The maximum Gasteiger partial charge on any atom is 0.187 e. The van der Waals surface area contributed by atoms with Gasteiger partial charge in [-0.05, 0) is 6.92 Å². The first-order valence-corrected chi connectivity index (χ1v) is 6.93. The third-order valence-corrected chi connectivity index (χ3v) is 3.94. The zero-order valence-electron chi connectivity index (χ0n) is 11.8. The molecular weight excluding hydrogens is 304 g/mol. The van der Waals surface area contributed by atoms with Crippen LogP contribution in [0.3, 0.4) is 0 Å². The first-order chi connectivity index (χ1) is 10.3. The largest absolute Gasteiger partial charge is 0.394 e. The average molecular weight is 326 g/mol. The second-order valence-electron chi connectivity index (χ2n) is 5.51. The van der Waals surface area contributed by atoms with Crippen LogP contribution in [-0.4, -0.2) is 104 Å². The van der Waals surface area contributed by atoms with Crippen LogP contribution in [0.1, 0.15) is 6.92 Å². The van der Waals surface area contributed by atoms with Gasteiger partial charge in [-0.3, -0.25) is 0 Å². The van der Waals surface area contributed by atoms with Crippen molar-refractivity contribution in [3.05, 3.63) is 0 Å². The molecular formula is C12H22O10. The number of aliphatic hydroxyl groups is 7. The third-order valence-electron chi connectivity index (χ3n) is 3.94. The van der Waals surface area contributed by atoms with Crippen LogP contribution in [0.5, 0.6) is 0 Å². The maximum absolute atomic E-state index is 9.99. The van der Waals surface area contributed by atoms with E-state index in [0.29, 0.717) is 0 Å². The summed E-state index contributed by atoms with van der Waals surface area (Å²) in [5.41, 5.74) is 0. The van der Waals surface area contributed by atoms with Crippen molar-refractivity contribution in [2.24, 2.45) is 0 Å². The van der Waals surface area contributed by atoms with Crippen molar-refractivity contribution in [2.45, 2.75) is 68.3 Å². The van der Waals surface area contributed by atoms with Crippen LogP contribution in [-0.2, 0) is 14.2 Å². The molecule has 2 aliphatic heterocycles. The average Bonchev–Trinajstić information content (AvgIpc) is 2.50. The number of rotatable bonds is 3. The monoisotopic (exact) mass is 326 g/mol. The molecule has 10 heteroatoms. The first-order valence-electron chi connectivity index (χ1n) is 6.93. The van der Waals surface area contributed by atoms with Gasteiger partial charge in [-0.25, -0.2) is 0 Å². The van der Waals surface area contributed by atoms with Crippen molar-refractivity contribution in [2.75, 3.05) is 6.61 Å². The van der Waals surface area contributed by atoms with E-state index in [1.165, 1.54) is 6.92 Å². The highest BCUT2D eigenvalue weighted by Gasteiger charge is 2.49. The second-order valence-corrected chi connectivity index (χ2v) is 5.51. The Morgan fingerprint density at radius 3 is 2.05 bits per heavy atom. The van der Waals surface area contributed by atoms with Crippen molar-refractivity contribution < 1.29 is 50.0 Å². The fourth-order valence-corrected chi connectivity index (χ4v) is 2.51. The van der Waals surface area contributed by atoms with E-state index in [9.17, 15) is 30.6 Å². The van der Waals surface area contributed by atoms with E-state index in [1.807, 2.05) is 0 Å². The number of ether oxygens (including phenoxy) is 3. The standard InChI is InChI=1S/C12H22O10/c1-3-5(14)7(16)8(17)12(20-3)22-10-6(15)4(2-13)21-11(19)9(10)18/h3-19H,2H2,1H3/t3-,4-,5+,6-,7-,8-,9+,10-,11+,12-/m0/s1. The van der Waals surface area contributed by atoms with Gasteiger partial charge in [0.05, 0.1) is 12.7 Å². The summed E-state index contributed by atoms with van der Waals surface area (Å²) >= 11 is 0. The van der Waals surface area contributed by atoms with Crippen LogP contribution in [0.15, 0.2) is 0 Å². The van der Waals surface area contributed by atoms with E-state index < -0.39 is 68.0 Å². The SMILES string of the molecule is C[C@@H]1O[C@@H](O[C@@H]2[C@@H](O)[C@H](O)O[C@@H](CO)[C@@H]2O)[C@@H](O)[C@@H](O)[C@@H]1O. The Kier molecular flexibility index (Phi) is 5.72. The summed E-state index contributed by atoms with van der Waals surface area (Å²) in [6.07, 6.45) is -14.3.